The van der Waals surface area contributed by atoms with Crippen LogP contribution in [0.5, 0.6) is 0 Å². The molecule has 0 radical (unpaired) electrons. The van der Waals surface area contributed by atoms with Crippen molar-refractivity contribution < 1.29 is 4.74 Å². The maximum Gasteiger partial charge on any atom is 0.103 e. The smallest absolute Gasteiger partial charge is 0.103 e. The largest absolute Gasteiger partial charge is 0.378 e. The number of unbranched alkanes of at least 4 members (excludes halogenated alkanes) is 1. The van der Waals surface area contributed by atoms with Gasteiger partial charge in [-0.3, -0.25) is 4.99 Å². The molecule has 0 aliphatic heterocycles. The van der Waals surface area contributed by atoms with Gasteiger partial charge in [-0.25, -0.2) is 0 Å². The van der Waals surface area contributed by atoms with Crippen LogP contribution in [0.2, 0.25) is 0 Å². The van der Waals surface area contributed by atoms with Crippen molar-refractivity contribution in [2.24, 2.45) is 15.9 Å². The molecular weight excluding hydrogens is 154 g/mol. The van der Waals surface area contributed by atoms with E-state index >= 15 is 0 Å². The third kappa shape index (κ3) is 5.85. The first kappa shape index (κ1) is 11.1. The topological polar surface area (TPSA) is 60.0 Å². The summed E-state index contributed by atoms with van der Waals surface area (Å²) in [5.41, 5.74) is 0.675. The highest BCUT2D eigenvalue weighted by Gasteiger charge is 1.91. The first-order chi connectivity index (χ1) is 5.85. The van der Waals surface area contributed by atoms with E-state index in [1.165, 1.54) is 0 Å². The minimum atomic E-state index is 0.423. The summed E-state index contributed by atoms with van der Waals surface area (Å²) in [5, 5.41) is 3.52. The number of aliphatic imine (C=N–C) groups is 1. The zero-order valence-electron chi connectivity index (χ0n) is 7.79. The van der Waals surface area contributed by atoms with Crippen molar-refractivity contribution in [3.63, 3.8) is 0 Å². The standard InChI is InChI=1S/C8H17N3O/c1-3-4-5-10-6-8(11-9)7-12-2/h6H,3-5,7,9H2,1-2H3. The zero-order valence-corrected chi connectivity index (χ0v) is 7.79. The van der Waals surface area contributed by atoms with Gasteiger partial charge in [-0.05, 0) is 6.42 Å². The van der Waals surface area contributed by atoms with Gasteiger partial charge in [0, 0.05) is 19.9 Å². The molecule has 12 heavy (non-hydrogen) atoms. The normalized spacial score (nSPS) is 12.7. The summed E-state index contributed by atoms with van der Waals surface area (Å²) in [6.45, 7) is 3.38. The molecule has 0 amide bonds. The molecule has 70 valence electrons. The van der Waals surface area contributed by atoms with Crippen LogP contribution in [0, 0.1) is 0 Å². The average molecular weight is 171 g/mol. The maximum absolute atomic E-state index is 5.09. The molecule has 0 aliphatic rings. The summed E-state index contributed by atoms with van der Waals surface area (Å²) >= 11 is 0. The Balaban J connectivity index is 3.62. The van der Waals surface area contributed by atoms with Crippen molar-refractivity contribution in [1.29, 1.82) is 0 Å². The molecule has 0 bridgehead atoms. The number of nitrogens with zero attached hydrogens (tertiary/aromatic N) is 2. The molecule has 0 spiro atoms. The van der Waals surface area contributed by atoms with E-state index in [9.17, 15) is 0 Å². The van der Waals surface area contributed by atoms with Crippen LogP contribution in [0.1, 0.15) is 19.8 Å². The number of ether oxygens (including phenoxy) is 1. The fraction of sp³-hybridized carbons (Fsp3) is 0.750. The van der Waals surface area contributed by atoms with Crippen LogP contribution >= 0.6 is 0 Å². The molecule has 0 fully saturated rings. The molecule has 0 aromatic carbocycles. The van der Waals surface area contributed by atoms with E-state index in [1.807, 2.05) is 0 Å². The van der Waals surface area contributed by atoms with Gasteiger partial charge in [0.2, 0.25) is 0 Å². The molecule has 0 aromatic rings. The van der Waals surface area contributed by atoms with Crippen molar-refractivity contribution in [1.82, 2.24) is 0 Å². The summed E-state index contributed by atoms with van der Waals surface area (Å²) in [7, 11) is 1.60. The fourth-order valence-corrected chi connectivity index (χ4v) is 0.675. The molecule has 4 heteroatoms. The molecule has 0 atom stereocenters. The van der Waals surface area contributed by atoms with Crippen LogP contribution in [0.3, 0.4) is 0 Å². The second-order valence-electron chi connectivity index (χ2n) is 2.44. The third-order valence-electron chi connectivity index (χ3n) is 1.34. The van der Waals surface area contributed by atoms with E-state index in [0.717, 1.165) is 19.4 Å². The lowest BCUT2D eigenvalue weighted by Gasteiger charge is -1.95. The zero-order chi connectivity index (χ0) is 9.23. The van der Waals surface area contributed by atoms with E-state index in [4.69, 9.17) is 10.6 Å². The average Bonchev–Trinajstić information content (AvgIpc) is 2.10. The lowest BCUT2D eigenvalue weighted by molar-refractivity contribution is 0.246. The van der Waals surface area contributed by atoms with Gasteiger partial charge >= 0.3 is 0 Å². The molecular formula is C8H17N3O. The Morgan fingerprint density at radius 1 is 1.58 bits per heavy atom. The molecule has 0 saturated carbocycles. The van der Waals surface area contributed by atoms with Crippen LogP contribution in [0.15, 0.2) is 10.1 Å². The lowest BCUT2D eigenvalue weighted by Crippen LogP contribution is -2.11. The number of rotatable bonds is 6. The first-order valence-corrected chi connectivity index (χ1v) is 4.10. The Morgan fingerprint density at radius 2 is 2.33 bits per heavy atom. The predicted molar refractivity (Wildman–Crippen MR) is 51.8 cm³/mol. The minimum absolute atomic E-state index is 0.423. The van der Waals surface area contributed by atoms with Gasteiger partial charge in [-0.1, -0.05) is 13.3 Å². The Morgan fingerprint density at radius 3 is 2.83 bits per heavy atom. The lowest BCUT2D eigenvalue weighted by atomic mass is 10.3. The Bertz CT molecular complexity index is 154. The van der Waals surface area contributed by atoms with Crippen molar-refractivity contribution >= 4 is 11.9 Å². The molecule has 0 unspecified atom stereocenters. The Kier molecular flexibility index (Phi) is 7.58. The van der Waals surface area contributed by atoms with Gasteiger partial charge in [0.05, 0.1) is 6.61 Å². The van der Waals surface area contributed by atoms with Gasteiger partial charge in [0.1, 0.15) is 5.71 Å². The van der Waals surface area contributed by atoms with Gasteiger partial charge in [-0.15, -0.1) is 0 Å². The van der Waals surface area contributed by atoms with Crippen molar-refractivity contribution in [2.45, 2.75) is 19.8 Å². The summed E-state index contributed by atoms with van der Waals surface area (Å²) in [6, 6.07) is 0. The van der Waals surface area contributed by atoms with Crippen LogP contribution in [0.4, 0.5) is 0 Å². The van der Waals surface area contributed by atoms with E-state index < -0.39 is 0 Å². The summed E-state index contributed by atoms with van der Waals surface area (Å²) in [5.74, 6) is 5.09. The number of nitrogens with two attached hydrogens (primary N) is 1. The second-order valence-corrected chi connectivity index (χ2v) is 2.44. The third-order valence-corrected chi connectivity index (χ3v) is 1.34. The van der Waals surface area contributed by atoms with E-state index in [2.05, 4.69) is 17.0 Å². The second kappa shape index (κ2) is 8.20. The van der Waals surface area contributed by atoms with Gasteiger partial charge in [0.25, 0.3) is 0 Å². The van der Waals surface area contributed by atoms with E-state index in [1.54, 1.807) is 13.3 Å². The molecule has 0 heterocycles. The summed E-state index contributed by atoms with van der Waals surface area (Å²) in [6.07, 6.45) is 3.91. The van der Waals surface area contributed by atoms with Gasteiger partial charge in [-0.2, -0.15) is 5.10 Å². The highest BCUT2D eigenvalue weighted by atomic mass is 16.5. The number of hydrogen-bond donors (Lipinski definition) is 1. The monoisotopic (exact) mass is 171 g/mol. The summed E-state index contributed by atoms with van der Waals surface area (Å²) < 4.78 is 4.85. The van der Waals surface area contributed by atoms with Crippen molar-refractivity contribution in [2.75, 3.05) is 20.3 Å². The number of hydrogen-bond acceptors (Lipinski definition) is 4. The predicted octanol–water partition coefficient (Wildman–Crippen LogP) is 0.818. The highest BCUT2D eigenvalue weighted by Crippen LogP contribution is 1.85. The molecule has 0 aliphatic carbocycles. The first-order valence-electron chi connectivity index (χ1n) is 4.10. The highest BCUT2D eigenvalue weighted by molar-refractivity contribution is 6.31. The molecule has 0 aromatic heterocycles. The van der Waals surface area contributed by atoms with Crippen LogP contribution < -0.4 is 5.84 Å². The Labute approximate surface area is 73.5 Å². The van der Waals surface area contributed by atoms with Crippen LogP contribution in [-0.2, 0) is 4.74 Å². The van der Waals surface area contributed by atoms with Crippen LogP contribution in [0.25, 0.3) is 0 Å². The number of methoxy groups -OCH3 is 1. The fourth-order valence-electron chi connectivity index (χ4n) is 0.675. The molecule has 2 N–H and O–H groups in total. The van der Waals surface area contributed by atoms with Gasteiger partial charge < -0.3 is 10.6 Å². The van der Waals surface area contributed by atoms with Crippen molar-refractivity contribution in [3.05, 3.63) is 0 Å². The number of hydrazone groups is 1. The SMILES string of the molecule is CCCCN=CC(COC)=NN. The quantitative estimate of drug-likeness (QED) is 0.278. The summed E-state index contributed by atoms with van der Waals surface area (Å²) in [4.78, 5) is 4.14. The molecule has 0 saturated heterocycles. The van der Waals surface area contributed by atoms with Crippen LogP contribution in [-0.4, -0.2) is 32.2 Å². The Hall–Kier alpha value is -0.900. The molecule has 4 nitrogen and oxygen atoms in total. The minimum Gasteiger partial charge on any atom is -0.378 e. The maximum atomic E-state index is 5.09. The van der Waals surface area contributed by atoms with E-state index in [0.29, 0.717) is 12.3 Å². The van der Waals surface area contributed by atoms with Crippen molar-refractivity contribution in [3.8, 4) is 0 Å². The van der Waals surface area contributed by atoms with Gasteiger partial charge in [0.15, 0.2) is 0 Å². The van der Waals surface area contributed by atoms with E-state index in [-0.39, 0.29) is 0 Å². The molecule has 0 rings (SSSR count).